The number of para-hydroxylation sites is 1. The smallest absolute Gasteiger partial charge is 0.0482 e. The zero-order valence-electron chi connectivity index (χ0n) is 8.11. The molecule has 0 bridgehead atoms. The zero-order valence-corrected chi connectivity index (χ0v) is 8.11. The van der Waals surface area contributed by atoms with Gasteiger partial charge in [-0.3, -0.25) is 0 Å². The van der Waals surface area contributed by atoms with Gasteiger partial charge in [0.05, 0.1) is 0 Å². The van der Waals surface area contributed by atoms with Crippen LogP contribution in [0.2, 0.25) is 0 Å². The van der Waals surface area contributed by atoms with Gasteiger partial charge in [-0.25, -0.2) is 0 Å². The largest absolute Gasteiger partial charge is 0.344 e. The summed E-state index contributed by atoms with van der Waals surface area (Å²) in [7, 11) is 0. The summed E-state index contributed by atoms with van der Waals surface area (Å²) >= 11 is 0. The second-order valence-electron chi connectivity index (χ2n) is 4.11. The van der Waals surface area contributed by atoms with Gasteiger partial charge in [-0.15, -0.1) is 0 Å². The monoisotopic (exact) mass is 186 g/mol. The number of benzene rings is 1. The van der Waals surface area contributed by atoms with Gasteiger partial charge < -0.3 is 10.3 Å². The number of rotatable bonds is 1. The van der Waals surface area contributed by atoms with Gasteiger partial charge in [-0.1, -0.05) is 18.2 Å². The summed E-state index contributed by atoms with van der Waals surface area (Å²) in [6.07, 6.45) is 1.14. The van der Waals surface area contributed by atoms with Crippen molar-refractivity contribution in [2.75, 3.05) is 6.54 Å². The molecule has 2 nitrogen and oxygen atoms in total. The molecule has 14 heavy (non-hydrogen) atoms. The molecule has 1 aliphatic rings. The normalized spacial score (nSPS) is 20.2. The first-order valence-corrected chi connectivity index (χ1v) is 5.15. The van der Waals surface area contributed by atoms with E-state index in [2.05, 4.69) is 34.9 Å². The van der Waals surface area contributed by atoms with E-state index >= 15 is 0 Å². The molecule has 2 heterocycles. The number of hydrogen-bond acceptors (Lipinski definition) is 1. The summed E-state index contributed by atoms with van der Waals surface area (Å²) in [5.74, 6) is 0.648. The third kappa shape index (κ3) is 1.01. The van der Waals surface area contributed by atoms with Gasteiger partial charge in [0, 0.05) is 17.8 Å². The van der Waals surface area contributed by atoms with E-state index in [-0.39, 0.29) is 0 Å². The van der Waals surface area contributed by atoms with Crippen LogP contribution in [0.4, 0.5) is 0 Å². The maximum atomic E-state index is 5.70. The average Bonchev–Trinajstić information content (AvgIpc) is 2.73. The van der Waals surface area contributed by atoms with Crippen LogP contribution in [0.25, 0.3) is 10.9 Å². The first-order chi connectivity index (χ1) is 6.88. The van der Waals surface area contributed by atoms with Crippen molar-refractivity contribution >= 4 is 10.9 Å². The van der Waals surface area contributed by atoms with Gasteiger partial charge in [-0.05, 0) is 36.4 Å². The van der Waals surface area contributed by atoms with Crippen molar-refractivity contribution in [3.8, 4) is 0 Å². The molecule has 1 aromatic heterocycles. The molecule has 3 rings (SSSR count). The summed E-state index contributed by atoms with van der Waals surface area (Å²) < 4.78 is 2.41. The van der Waals surface area contributed by atoms with Crippen molar-refractivity contribution in [2.24, 2.45) is 11.7 Å². The molecule has 2 N–H and O–H groups in total. The summed E-state index contributed by atoms with van der Waals surface area (Å²) in [5.41, 5.74) is 8.51. The Bertz CT molecular complexity index is 470. The van der Waals surface area contributed by atoms with Crippen LogP contribution in [0.15, 0.2) is 30.3 Å². The molecule has 2 aromatic rings. The highest BCUT2D eigenvalue weighted by molar-refractivity contribution is 5.81. The average molecular weight is 186 g/mol. The fourth-order valence-corrected chi connectivity index (χ4v) is 2.43. The van der Waals surface area contributed by atoms with E-state index in [9.17, 15) is 0 Å². The summed E-state index contributed by atoms with van der Waals surface area (Å²) in [6, 6.07) is 10.9. The van der Waals surface area contributed by atoms with Gasteiger partial charge in [0.25, 0.3) is 0 Å². The molecule has 0 fully saturated rings. The van der Waals surface area contributed by atoms with Crippen molar-refractivity contribution in [1.29, 1.82) is 0 Å². The minimum Gasteiger partial charge on any atom is -0.344 e. The molecule has 1 aromatic carbocycles. The Hall–Kier alpha value is -1.28. The highest BCUT2D eigenvalue weighted by Gasteiger charge is 2.21. The van der Waals surface area contributed by atoms with Crippen LogP contribution in [-0.4, -0.2) is 11.1 Å². The van der Waals surface area contributed by atoms with E-state index in [0.717, 1.165) is 19.5 Å². The fourth-order valence-electron chi connectivity index (χ4n) is 2.43. The lowest BCUT2D eigenvalue weighted by Crippen LogP contribution is -2.15. The molecule has 0 spiro atoms. The molecule has 1 atom stereocenters. The Morgan fingerprint density at radius 1 is 1.36 bits per heavy atom. The molecular weight excluding hydrogens is 172 g/mol. The van der Waals surface area contributed by atoms with Crippen LogP contribution in [0, 0.1) is 5.92 Å². The van der Waals surface area contributed by atoms with Crippen LogP contribution >= 0.6 is 0 Å². The van der Waals surface area contributed by atoms with E-state index in [1.807, 2.05) is 0 Å². The van der Waals surface area contributed by atoms with Gasteiger partial charge in [0.2, 0.25) is 0 Å². The van der Waals surface area contributed by atoms with E-state index in [4.69, 9.17) is 5.73 Å². The Kier molecular flexibility index (Phi) is 1.64. The standard InChI is InChI=1S/C12H14N2/c13-7-9-5-11-6-10-3-1-2-4-12(10)14(11)8-9/h1-4,6,9H,5,7-8,13H2. The summed E-state index contributed by atoms with van der Waals surface area (Å²) in [5, 5.41) is 1.36. The third-order valence-electron chi connectivity index (χ3n) is 3.17. The molecule has 0 radical (unpaired) electrons. The number of nitrogens with zero attached hydrogens (tertiary/aromatic N) is 1. The summed E-state index contributed by atoms with van der Waals surface area (Å²) in [4.78, 5) is 0. The molecule has 72 valence electrons. The summed E-state index contributed by atoms with van der Waals surface area (Å²) in [6.45, 7) is 1.90. The number of hydrogen-bond donors (Lipinski definition) is 1. The molecule has 0 saturated carbocycles. The molecular formula is C12H14N2. The van der Waals surface area contributed by atoms with Crippen molar-refractivity contribution < 1.29 is 0 Å². The molecule has 0 saturated heterocycles. The van der Waals surface area contributed by atoms with E-state index in [0.29, 0.717) is 5.92 Å². The molecule has 0 aliphatic carbocycles. The quantitative estimate of drug-likeness (QED) is 0.723. The predicted octanol–water partition coefficient (Wildman–Crippen LogP) is 1.77. The second-order valence-corrected chi connectivity index (χ2v) is 4.11. The van der Waals surface area contributed by atoms with Crippen molar-refractivity contribution in [3.05, 3.63) is 36.0 Å². The van der Waals surface area contributed by atoms with Crippen LogP contribution in [0.3, 0.4) is 0 Å². The van der Waals surface area contributed by atoms with E-state index < -0.39 is 0 Å². The lowest BCUT2D eigenvalue weighted by atomic mass is 10.1. The fraction of sp³-hybridized carbons (Fsp3) is 0.333. The Balaban J connectivity index is 2.16. The highest BCUT2D eigenvalue weighted by atomic mass is 15.0. The Morgan fingerprint density at radius 2 is 2.21 bits per heavy atom. The van der Waals surface area contributed by atoms with E-state index in [1.165, 1.54) is 16.6 Å². The van der Waals surface area contributed by atoms with Gasteiger partial charge >= 0.3 is 0 Å². The van der Waals surface area contributed by atoms with Crippen LogP contribution in [0.1, 0.15) is 5.69 Å². The van der Waals surface area contributed by atoms with Gasteiger partial charge in [0.15, 0.2) is 0 Å². The molecule has 0 amide bonds. The van der Waals surface area contributed by atoms with Crippen LogP contribution < -0.4 is 5.73 Å². The van der Waals surface area contributed by atoms with E-state index in [1.54, 1.807) is 0 Å². The molecule has 1 unspecified atom stereocenters. The third-order valence-corrected chi connectivity index (χ3v) is 3.17. The van der Waals surface area contributed by atoms with Crippen molar-refractivity contribution in [1.82, 2.24) is 4.57 Å². The topological polar surface area (TPSA) is 30.9 Å². The maximum absolute atomic E-state index is 5.70. The van der Waals surface area contributed by atoms with Crippen LogP contribution in [0.5, 0.6) is 0 Å². The lowest BCUT2D eigenvalue weighted by molar-refractivity contribution is 0.530. The molecule has 2 heteroatoms. The predicted molar refractivity (Wildman–Crippen MR) is 58.2 cm³/mol. The number of aromatic nitrogens is 1. The first-order valence-electron chi connectivity index (χ1n) is 5.15. The minimum absolute atomic E-state index is 0.648. The lowest BCUT2D eigenvalue weighted by Gasteiger charge is -2.04. The van der Waals surface area contributed by atoms with Gasteiger partial charge in [0.1, 0.15) is 0 Å². The Morgan fingerprint density at radius 3 is 3.07 bits per heavy atom. The number of fused-ring (bicyclic) bond motifs is 3. The molecule has 1 aliphatic heterocycles. The van der Waals surface area contributed by atoms with Crippen LogP contribution in [-0.2, 0) is 13.0 Å². The highest BCUT2D eigenvalue weighted by Crippen LogP contribution is 2.28. The first kappa shape index (κ1) is 8.06. The SMILES string of the molecule is NCC1Cc2cc3ccccc3n2C1. The van der Waals surface area contributed by atoms with Gasteiger partial charge in [-0.2, -0.15) is 0 Å². The second kappa shape index (κ2) is 2.85. The number of nitrogens with two attached hydrogens (primary N) is 1. The Labute approximate surface area is 83.3 Å². The maximum Gasteiger partial charge on any atom is 0.0482 e. The zero-order chi connectivity index (χ0) is 9.54. The van der Waals surface area contributed by atoms with Crippen molar-refractivity contribution in [3.63, 3.8) is 0 Å². The van der Waals surface area contributed by atoms with Crippen molar-refractivity contribution in [2.45, 2.75) is 13.0 Å². The minimum atomic E-state index is 0.648.